The molecule has 0 radical (unpaired) electrons. The lowest BCUT2D eigenvalue weighted by Crippen LogP contribution is -2.55. The van der Waals surface area contributed by atoms with Crippen molar-refractivity contribution in [2.24, 2.45) is 5.92 Å². The van der Waals surface area contributed by atoms with Gasteiger partial charge in [0.2, 0.25) is 5.91 Å². The fraction of sp³-hybridized carbons (Fsp3) is 0.846. The van der Waals surface area contributed by atoms with E-state index < -0.39 is 0 Å². The molecule has 0 aromatic rings. The summed E-state index contributed by atoms with van der Waals surface area (Å²) in [5.74, 6) is 1.25. The van der Waals surface area contributed by atoms with Crippen molar-refractivity contribution in [1.82, 2.24) is 10.2 Å². The zero-order chi connectivity index (χ0) is 11.8. The van der Waals surface area contributed by atoms with E-state index in [0.717, 1.165) is 45.2 Å². The van der Waals surface area contributed by atoms with Gasteiger partial charge in [0.1, 0.15) is 5.78 Å². The molecule has 1 aliphatic carbocycles. The van der Waals surface area contributed by atoms with Crippen LogP contribution in [0, 0.1) is 5.92 Å². The third-order valence-corrected chi connectivity index (χ3v) is 4.59. The number of ketones is 1. The number of piperidine rings is 2. The van der Waals surface area contributed by atoms with Gasteiger partial charge in [-0.15, -0.1) is 0 Å². The summed E-state index contributed by atoms with van der Waals surface area (Å²) in [6, 6.07) is 0.880. The fourth-order valence-electron chi connectivity index (χ4n) is 3.58. The number of fused-ring (bicyclic) bond motifs is 1. The van der Waals surface area contributed by atoms with E-state index in [1.54, 1.807) is 0 Å². The van der Waals surface area contributed by atoms with E-state index in [1.165, 1.54) is 0 Å². The summed E-state index contributed by atoms with van der Waals surface area (Å²) in [6.07, 6.45) is 5.33. The van der Waals surface area contributed by atoms with Crippen molar-refractivity contribution in [1.29, 1.82) is 0 Å². The van der Waals surface area contributed by atoms with Gasteiger partial charge in [-0.2, -0.15) is 0 Å². The lowest BCUT2D eigenvalue weighted by Gasteiger charge is -2.43. The molecule has 1 N–H and O–H groups in total. The molecule has 3 aliphatic rings. The van der Waals surface area contributed by atoms with Crippen molar-refractivity contribution in [3.63, 3.8) is 0 Å². The topological polar surface area (TPSA) is 49.4 Å². The van der Waals surface area contributed by atoms with E-state index in [1.807, 2.05) is 0 Å². The van der Waals surface area contributed by atoms with Crippen LogP contribution in [0.15, 0.2) is 0 Å². The lowest BCUT2D eigenvalue weighted by molar-refractivity contribution is -0.125. The highest BCUT2D eigenvalue weighted by Gasteiger charge is 2.37. The second kappa shape index (κ2) is 4.41. The summed E-state index contributed by atoms with van der Waals surface area (Å²) in [4.78, 5) is 25.2. The molecule has 3 atom stereocenters. The standard InChI is InChI=1S/C13H20N2O2/c16-11-3-2-10(7-11)15-6-5-12-9(8-15)1-4-13(17)14-12/h9-10,12H,1-8H2,(H,14,17). The highest BCUT2D eigenvalue weighted by atomic mass is 16.1. The zero-order valence-electron chi connectivity index (χ0n) is 10.2. The molecule has 1 amide bonds. The molecule has 0 aromatic carbocycles. The summed E-state index contributed by atoms with van der Waals surface area (Å²) in [5, 5.41) is 3.11. The third kappa shape index (κ3) is 2.23. The summed E-state index contributed by atoms with van der Waals surface area (Å²) in [5.41, 5.74) is 0. The van der Waals surface area contributed by atoms with Gasteiger partial charge in [-0.1, -0.05) is 0 Å². The zero-order valence-corrected chi connectivity index (χ0v) is 10.2. The van der Waals surface area contributed by atoms with Crippen LogP contribution in [-0.2, 0) is 9.59 Å². The van der Waals surface area contributed by atoms with Crippen molar-refractivity contribution in [2.45, 2.75) is 50.6 Å². The monoisotopic (exact) mass is 236 g/mol. The number of nitrogens with one attached hydrogen (secondary N) is 1. The van der Waals surface area contributed by atoms with E-state index >= 15 is 0 Å². The maximum atomic E-state index is 11.3. The van der Waals surface area contributed by atoms with Gasteiger partial charge in [0.25, 0.3) is 0 Å². The predicted molar refractivity (Wildman–Crippen MR) is 63.5 cm³/mol. The molecule has 0 spiro atoms. The van der Waals surface area contributed by atoms with Gasteiger partial charge in [0.05, 0.1) is 0 Å². The molecule has 3 fully saturated rings. The van der Waals surface area contributed by atoms with E-state index in [-0.39, 0.29) is 5.91 Å². The molecule has 94 valence electrons. The Morgan fingerprint density at radius 2 is 2.00 bits per heavy atom. The maximum absolute atomic E-state index is 11.3. The minimum atomic E-state index is 0.218. The minimum absolute atomic E-state index is 0.218. The van der Waals surface area contributed by atoms with Gasteiger partial charge in [0.15, 0.2) is 0 Å². The minimum Gasteiger partial charge on any atom is -0.353 e. The van der Waals surface area contributed by atoms with Gasteiger partial charge in [-0.05, 0) is 25.2 Å². The number of hydrogen-bond acceptors (Lipinski definition) is 3. The fourth-order valence-corrected chi connectivity index (χ4v) is 3.58. The molecular formula is C13H20N2O2. The number of hydrogen-bond donors (Lipinski definition) is 1. The summed E-state index contributed by atoms with van der Waals surface area (Å²) >= 11 is 0. The van der Waals surface area contributed by atoms with Crippen LogP contribution in [0.4, 0.5) is 0 Å². The Balaban J connectivity index is 1.60. The van der Waals surface area contributed by atoms with Gasteiger partial charge in [0, 0.05) is 44.4 Å². The van der Waals surface area contributed by atoms with Crippen molar-refractivity contribution in [3.8, 4) is 0 Å². The van der Waals surface area contributed by atoms with Crippen molar-refractivity contribution in [3.05, 3.63) is 0 Å². The summed E-state index contributed by atoms with van der Waals surface area (Å²) in [7, 11) is 0. The maximum Gasteiger partial charge on any atom is 0.220 e. The number of rotatable bonds is 1. The second-order valence-electron chi connectivity index (χ2n) is 5.69. The van der Waals surface area contributed by atoms with Gasteiger partial charge >= 0.3 is 0 Å². The van der Waals surface area contributed by atoms with Crippen LogP contribution in [0.1, 0.15) is 38.5 Å². The normalized spacial score (nSPS) is 38.9. The Kier molecular flexibility index (Phi) is 2.90. The van der Waals surface area contributed by atoms with Crippen LogP contribution in [-0.4, -0.2) is 41.8 Å². The average Bonchev–Trinajstić information content (AvgIpc) is 2.75. The number of likely N-dealkylation sites (tertiary alicyclic amines) is 1. The number of carbonyl (C=O) groups excluding carboxylic acids is 2. The van der Waals surface area contributed by atoms with Gasteiger partial charge in [-0.25, -0.2) is 0 Å². The van der Waals surface area contributed by atoms with Crippen molar-refractivity contribution >= 4 is 11.7 Å². The van der Waals surface area contributed by atoms with Crippen LogP contribution < -0.4 is 5.32 Å². The Hall–Kier alpha value is -0.900. The largest absolute Gasteiger partial charge is 0.353 e. The SMILES string of the molecule is O=C1CCC(N2CCC3NC(=O)CCC3C2)C1. The van der Waals surface area contributed by atoms with E-state index in [2.05, 4.69) is 10.2 Å². The van der Waals surface area contributed by atoms with Gasteiger partial charge in [-0.3, -0.25) is 14.5 Å². The van der Waals surface area contributed by atoms with Crippen LogP contribution in [0.2, 0.25) is 0 Å². The Bertz CT molecular complexity index is 342. The number of nitrogens with zero attached hydrogens (tertiary/aromatic N) is 1. The first-order chi connectivity index (χ1) is 8.22. The molecule has 4 nitrogen and oxygen atoms in total. The van der Waals surface area contributed by atoms with E-state index in [9.17, 15) is 9.59 Å². The van der Waals surface area contributed by atoms with E-state index in [4.69, 9.17) is 0 Å². The molecule has 0 bridgehead atoms. The molecule has 2 aliphatic heterocycles. The number of amides is 1. The lowest BCUT2D eigenvalue weighted by atomic mass is 9.84. The van der Waals surface area contributed by atoms with Crippen LogP contribution in [0.25, 0.3) is 0 Å². The van der Waals surface area contributed by atoms with Crippen molar-refractivity contribution < 1.29 is 9.59 Å². The molecular weight excluding hydrogens is 216 g/mol. The van der Waals surface area contributed by atoms with Crippen LogP contribution in [0.5, 0.6) is 0 Å². The number of carbonyl (C=O) groups is 2. The molecule has 4 heteroatoms. The van der Waals surface area contributed by atoms with Crippen molar-refractivity contribution in [2.75, 3.05) is 13.1 Å². The predicted octanol–water partition coefficient (Wildman–Crippen LogP) is 0.708. The summed E-state index contributed by atoms with van der Waals surface area (Å²) < 4.78 is 0. The Morgan fingerprint density at radius 1 is 1.12 bits per heavy atom. The smallest absolute Gasteiger partial charge is 0.220 e. The Morgan fingerprint density at radius 3 is 2.76 bits per heavy atom. The third-order valence-electron chi connectivity index (χ3n) is 4.59. The average molecular weight is 236 g/mol. The number of Topliss-reactive ketones (excluding diaryl/α,β-unsaturated/α-hetero) is 1. The van der Waals surface area contributed by atoms with Crippen LogP contribution >= 0.6 is 0 Å². The quantitative estimate of drug-likeness (QED) is 0.729. The molecule has 3 unspecified atom stereocenters. The molecule has 3 rings (SSSR count). The van der Waals surface area contributed by atoms with E-state index in [0.29, 0.717) is 30.2 Å². The molecule has 1 saturated carbocycles. The highest BCUT2D eigenvalue weighted by Crippen LogP contribution is 2.30. The summed E-state index contributed by atoms with van der Waals surface area (Å²) in [6.45, 7) is 2.11. The van der Waals surface area contributed by atoms with Crippen LogP contribution in [0.3, 0.4) is 0 Å². The molecule has 0 aromatic heterocycles. The van der Waals surface area contributed by atoms with Gasteiger partial charge < -0.3 is 5.32 Å². The molecule has 2 heterocycles. The molecule has 17 heavy (non-hydrogen) atoms. The first kappa shape index (κ1) is 11.2. The molecule has 2 saturated heterocycles. The first-order valence-electron chi connectivity index (χ1n) is 6.77. The second-order valence-corrected chi connectivity index (χ2v) is 5.69. The Labute approximate surface area is 102 Å². The first-order valence-corrected chi connectivity index (χ1v) is 6.77. The highest BCUT2D eigenvalue weighted by molar-refractivity contribution is 5.81.